The van der Waals surface area contributed by atoms with Crippen LogP contribution in [-0.4, -0.2) is 74.6 Å². The predicted octanol–water partition coefficient (Wildman–Crippen LogP) is 0.825. The van der Waals surface area contributed by atoms with E-state index in [-0.39, 0.29) is 28.9 Å². The molecule has 4 rings (SSSR count). The SMILES string of the molecule is O=C1Cc2cc(NC3C(O)OC(CO)[C@@H](O)[C@@H]3O)ccc2C(C(F)(F)F)=C1c1ccc[nH]1. The standard InChI is InChI=1S/C21H21F3N2O6/c22-21(23,24)16-11-4-3-10(26-17-19(30)18(29)14(8-27)32-20(17)31)6-9(11)7-13(28)15(16)12-2-1-5-25-12/h1-6,14,17-20,25-27,29-31H,7-8H2/t14?,17?,18-,19-,20?/m1/s1. The van der Waals surface area contributed by atoms with Crippen molar-refractivity contribution in [3.8, 4) is 0 Å². The number of allylic oxidation sites excluding steroid dienone is 2. The summed E-state index contributed by atoms with van der Waals surface area (Å²) >= 11 is 0. The highest BCUT2D eigenvalue weighted by Gasteiger charge is 2.45. The van der Waals surface area contributed by atoms with Gasteiger partial charge in [0.15, 0.2) is 12.1 Å². The minimum atomic E-state index is -4.78. The van der Waals surface area contributed by atoms with Gasteiger partial charge in [-0.05, 0) is 35.4 Å². The Hall–Kier alpha value is -2.70. The minimum absolute atomic E-state index is 0.0770. The van der Waals surface area contributed by atoms with Crippen LogP contribution in [0.2, 0.25) is 0 Å². The number of aliphatic hydroxyl groups is 4. The molecular weight excluding hydrogens is 433 g/mol. The molecule has 6 N–H and O–H groups in total. The fourth-order valence-corrected chi connectivity index (χ4v) is 4.12. The number of carbonyl (C=O) groups is 1. The molecule has 2 aromatic rings. The number of benzene rings is 1. The molecule has 1 aromatic carbocycles. The molecule has 1 aliphatic carbocycles. The van der Waals surface area contributed by atoms with Crippen molar-refractivity contribution in [2.75, 3.05) is 11.9 Å². The summed E-state index contributed by atoms with van der Waals surface area (Å²) < 4.78 is 46.9. The molecule has 0 spiro atoms. The third kappa shape index (κ3) is 3.93. The Morgan fingerprint density at radius 1 is 1.16 bits per heavy atom. The number of nitrogens with one attached hydrogen (secondary N) is 2. The summed E-state index contributed by atoms with van der Waals surface area (Å²) in [7, 11) is 0. The molecule has 1 aromatic heterocycles. The number of hydrogen-bond acceptors (Lipinski definition) is 7. The molecule has 1 fully saturated rings. The first-order valence-corrected chi connectivity index (χ1v) is 9.80. The summed E-state index contributed by atoms with van der Waals surface area (Å²) in [6, 6.07) is 5.54. The van der Waals surface area contributed by atoms with Crippen LogP contribution < -0.4 is 5.32 Å². The van der Waals surface area contributed by atoms with Crippen LogP contribution in [0.5, 0.6) is 0 Å². The number of halogens is 3. The van der Waals surface area contributed by atoms with Crippen LogP contribution >= 0.6 is 0 Å². The van der Waals surface area contributed by atoms with E-state index in [4.69, 9.17) is 9.84 Å². The molecule has 3 unspecified atom stereocenters. The van der Waals surface area contributed by atoms with Crippen LogP contribution in [-0.2, 0) is 16.0 Å². The van der Waals surface area contributed by atoms with E-state index in [1.54, 1.807) is 0 Å². The molecule has 0 radical (unpaired) electrons. The zero-order chi connectivity index (χ0) is 23.2. The van der Waals surface area contributed by atoms with Gasteiger partial charge in [0.2, 0.25) is 0 Å². The molecule has 5 atom stereocenters. The lowest BCUT2D eigenvalue weighted by molar-refractivity contribution is -0.245. The maximum absolute atomic E-state index is 14.0. The van der Waals surface area contributed by atoms with Crippen molar-refractivity contribution in [2.24, 2.45) is 0 Å². The van der Waals surface area contributed by atoms with Crippen molar-refractivity contribution >= 4 is 22.6 Å². The average molecular weight is 454 g/mol. The van der Waals surface area contributed by atoms with Crippen LogP contribution in [0, 0.1) is 0 Å². The van der Waals surface area contributed by atoms with E-state index >= 15 is 0 Å². The number of aromatic amines is 1. The summed E-state index contributed by atoms with van der Waals surface area (Å²) in [5.41, 5.74) is -1.21. The number of Topliss-reactive ketones (excluding diaryl/α,β-unsaturated/α-hetero) is 1. The van der Waals surface area contributed by atoms with Crippen molar-refractivity contribution in [1.82, 2.24) is 4.98 Å². The fraction of sp³-hybridized carbons (Fsp3) is 0.381. The maximum Gasteiger partial charge on any atom is 0.417 e. The Balaban J connectivity index is 1.69. The first-order valence-electron chi connectivity index (χ1n) is 9.80. The number of ketones is 1. The van der Waals surface area contributed by atoms with Crippen LogP contribution in [0.15, 0.2) is 36.5 Å². The Labute approximate surface area is 180 Å². The number of aliphatic hydroxyl groups excluding tert-OH is 4. The van der Waals surface area contributed by atoms with E-state index in [0.717, 1.165) is 0 Å². The van der Waals surface area contributed by atoms with Gasteiger partial charge in [0.25, 0.3) is 0 Å². The number of anilines is 1. The van der Waals surface area contributed by atoms with Crippen molar-refractivity contribution in [3.05, 3.63) is 53.3 Å². The molecule has 1 aliphatic heterocycles. The smallest absolute Gasteiger partial charge is 0.394 e. The molecule has 0 bridgehead atoms. The number of hydrogen-bond donors (Lipinski definition) is 6. The van der Waals surface area contributed by atoms with E-state index in [9.17, 15) is 33.3 Å². The minimum Gasteiger partial charge on any atom is -0.394 e. The van der Waals surface area contributed by atoms with Gasteiger partial charge >= 0.3 is 6.18 Å². The Kier molecular flexibility index (Phi) is 5.86. The number of ether oxygens (including phenoxy) is 1. The molecule has 32 heavy (non-hydrogen) atoms. The molecule has 0 saturated carbocycles. The molecule has 1 saturated heterocycles. The lowest BCUT2D eigenvalue weighted by atomic mass is 9.82. The van der Waals surface area contributed by atoms with E-state index in [1.807, 2.05) is 0 Å². The second-order valence-electron chi connectivity index (χ2n) is 7.70. The largest absolute Gasteiger partial charge is 0.417 e. The number of carbonyl (C=O) groups excluding carboxylic acids is 1. The van der Waals surface area contributed by atoms with Gasteiger partial charge in [0.1, 0.15) is 24.4 Å². The first-order chi connectivity index (χ1) is 15.1. The van der Waals surface area contributed by atoms with Gasteiger partial charge in [-0.2, -0.15) is 13.2 Å². The summed E-state index contributed by atoms with van der Waals surface area (Å²) in [6.07, 6.45) is -9.45. The highest BCUT2D eigenvalue weighted by molar-refractivity contribution is 6.30. The van der Waals surface area contributed by atoms with Gasteiger partial charge in [-0.3, -0.25) is 4.79 Å². The number of rotatable bonds is 4. The lowest BCUT2D eigenvalue weighted by Gasteiger charge is -2.40. The number of alkyl halides is 3. The summed E-state index contributed by atoms with van der Waals surface area (Å²) in [6.45, 7) is -0.626. The van der Waals surface area contributed by atoms with Gasteiger partial charge in [-0.15, -0.1) is 0 Å². The molecular formula is C21H21F3N2O6. The van der Waals surface area contributed by atoms with Gasteiger partial charge < -0.3 is 35.5 Å². The third-order valence-corrected chi connectivity index (χ3v) is 5.64. The molecule has 172 valence electrons. The monoisotopic (exact) mass is 454 g/mol. The Morgan fingerprint density at radius 2 is 1.91 bits per heavy atom. The maximum atomic E-state index is 14.0. The van der Waals surface area contributed by atoms with Crippen LogP contribution in [0.25, 0.3) is 11.1 Å². The predicted molar refractivity (Wildman–Crippen MR) is 106 cm³/mol. The van der Waals surface area contributed by atoms with Crippen molar-refractivity contribution in [2.45, 2.75) is 43.2 Å². The highest BCUT2D eigenvalue weighted by Crippen LogP contribution is 2.44. The molecule has 8 nitrogen and oxygen atoms in total. The van der Waals surface area contributed by atoms with Crippen molar-refractivity contribution in [1.29, 1.82) is 0 Å². The highest BCUT2D eigenvalue weighted by atomic mass is 19.4. The fourth-order valence-electron chi connectivity index (χ4n) is 4.12. The summed E-state index contributed by atoms with van der Waals surface area (Å²) in [5.74, 6) is -0.702. The Morgan fingerprint density at radius 3 is 2.53 bits per heavy atom. The Bertz CT molecular complexity index is 1040. The number of fused-ring (bicyclic) bond motifs is 1. The quantitative estimate of drug-likeness (QED) is 0.403. The van der Waals surface area contributed by atoms with Crippen LogP contribution in [0.3, 0.4) is 0 Å². The van der Waals surface area contributed by atoms with Crippen molar-refractivity contribution < 1.29 is 43.1 Å². The van der Waals surface area contributed by atoms with Gasteiger partial charge in [-0.25, -0.2) is 0 Å². The molecule has 11 heteroatoms. The van der Waals surface area contributed by atoms with E-state index < -0.39 is 60.4 Å². The van der Waals surface area contributed by atoms with Crippen LogP contribution in [0.4, 0.5) is 18.9 Å². The molecule has 2 aliphatic rings. The van der Waals surface area contributed by atoms with Gasteiger partial charge in [-0.1, -0.05) is 6.07 Å². The second-order valence-corrected chi connectivity index (χ2v) is 7.70. The number of aromatic nitrogens is 1. The normalized spacial score (nSPS) is 28.6. The molecule has 2 heterocycles. The summed E-state index contributed by atoms with van der Waals surface area (Å²) in [4.78, 5) is 15.3. The van der Waals surface area contributed by atoms with E-state index in [2.05, 4.69) is 10.3 Å². The average Bonchev–Trinajstić information content (AvgIpc) is 3.26. The summed E-state index contributed by atoms with van der Waals surface area (Å²) in [5, 5.41) is 42.3. The third-order valence-electron chi connectivity index (χ3n) is 5.64. The zero-order valence-corrected chi connectivity index (χ0v) is 16.5. The van der Waals surface area contributed by atoms with Crippen LogP contribution in [0.1, 0.15) is 16.8 Å². The lowest BCUT2D eigenvalue weighted by Crippen LogP contribution is -2.61. The van der Waals surface area contributed by atoms with Crippen molar-refractivity contribution in [3.63, 3.8) is 0 Å². The first kappa shape index (κ1) is 22.5. The topological polar surface area (TPSA) is 135 Å². The van der Waals surface area contributed by atoms with E-state index in [0.29, 0.717) is 0 Å². The molecule has 0 amide bonds. The van der Waals surface area contributed by atoms with Gasteiger partial charge in [0.05, 0.1) is 17.8 Å². The number of H-pyrrole nitrogens is 1. The zero-order valence-electron chi connectivity index (χ0n) is 16.5. The van der Waals surface area contributed by atoms with E-state index in [1.165, 1.54) is 36.5 Å². The second kappa shape index (κ2) is 8.34. The van der Waals surface area contributed by atoms with Gasteiger partial charge in [0, 0.05) is 24.0 Å².